The van der Waals surface area contributed by atoms with Crippen molar-refractivity contribution in [1.29, 1.82) is 0 Å². The Balaban J connectivity index is 1.97. The summed E-state index contributed by atoms with van der Waals surface area (Å²) < 4.78 is 35.8. The van der Waals surface area contributed by atoms with E-state index in [-0.39, 0.29) is 10.7 Å². The first-order chi connectivity index (χ1) is 15.6. The van der Waals surface area contributed by atoms with Crippen LogP contribution >= 0.6 is 0 Å². The van der Waals surface area contributed by atoms with Crippen LogP contribution in [0.2, 0.25) is 0 Å². The molecule has 0 aliphatic heterocycles. The van der Waals surface area contributed by atoms with Crippen molar-refractivity contribution in [3.05, 3.63) is 59.9 Å². The third-order valence-corrected chi connectivity index (χ3v) is 5.78. The van der Waals surface area contributed by atoms with E-state index in [9.17, 15) is 13.2 Å². The number of nitrogens with zero attached hydrogens (tertiary/aromatic N) is 3. The lowest BCUT2D eigenvalue weighted by molar-refractivity contribution is 0.104. The number of nitrogens with two attached hydrogens (primary N) is 1. The molecule has 0 saturated carbocycles. The lowest BCUT2D eigenvalue weighted by Crippen LogP contribution is -2.12. The predicted octanol–water partition coefficient (Wildman–Crippen LogP) is 3.16. The third-order valence-electron chi connectivity index (χ3n) is 4.85. The van der Waals surface area contributed by atoms with E-state index in [0.29, 0.717) is 39.9 Å². The number of hydrogen-bond acceptors (Lipinski definition) is 7. The Kier molecular flexibility index (Phi) is 7.29. The molecule has 1 heterocycles. The van der Waals surface area contributed by atoms with E-state index in [4.69, 9.17) is 14.6 Å². The normalized spacial score (nSPS) is 11.8. The molecule has 0 aliphatic rings. The van der Waals surface area contributed by atoms with Crippen LogP contribution in [0, 0.1) is 5.92 Å². The molecule has 3 rings (SSSR count). The SMILES string of the molecule is COc1cc(OC)c(-c2nncn2CC(C)C)cc1/C=C/C(=O)c1ccc(S(N)(=O)=O)cc1. The van der Waals surface area contributed by atoms with Gasteiger partial charge in [-0.15, -0.1) is 10.2 Å². The second-order valence-electron chi connectivity index (χ2n) is 7.76. The minimum absolute atomic E-state index is 0.0602. The topological polar surface area (TPSA) is 126 Å². The van der Waals surface area contributed by atoms with Crippen LogP contribution in [-0.2, 0) is 16.6 Å². The molecule has 174 valence electrons. The van der Waals surface area contributed by atoms with E-state index < -0.39 is 10.0 Å². The van der Waals surface area contributed by atoms with Gasteiger partial charge in [-0.1, -0.05) is 13.8 Å². The molecule has 0 unspecified atom stereocenters. The summed E-state index contributed by atoms with van der Waals surface area (Å²) in [5.41, 5.74) is 1.67. The summed E-state index contributed by atoms with van der Waals surface area (Å²) in [6.45, 7) is 4.93. The Morgan fingerprint density at radius 3 is 2.36 bits per heavy atom. The molecule has 1 aromatic heterocycles. The molecule has 0 amide bonds. The zero-order valence-electron chi connectivity index (χ0n) is 18.8. The number of benzene rings is 2. The number of sulfonamides is 1. The zero-order valence-corrected chi connectivity index (χ0v) is 19.7. The van der Waals surface area contributed by atoms with Gasteiger partial charge in [-0.2, -0.15) is 0 Å². The lowest BCUT2D eigenvalue weighted by Gasteiger charge is -2.15. The van der Waals surface area contributed by atoms with Crippen LogP contribution in [0.25, 0.3) is 17.5 Å². The summed E-state index contributed by atoms with van der Waals surface area (Å²) in [7, 11) is -0.735. The third kappa shape index (κ3) is 5.65. The maximum absolute atomic E-state index is 12.6. The summed E-state index contributed by atoms with van der Waals surface area (Å²) >= 11 is 0. The second kappa shape index (κ2) is 9.97. The van der Waals surface area contributed by atoms with Crippen LogP contribution in [0.5, 0.6) is 11.5 Å². The van der Waals surface area contributed by atoms with Crippen LogP contribution < -0.4 is 14.6 Å². The van der Waals surface area contributed by atoms with Crippen molar-refractivity contribution in [3.63, 3.8) is 0 Å². The van der Waals surface area contributed by atoms with Gasteiger partial charge in [0.05, 0.1) is 24.7 Å². The Morgan fingerprint density at radius 2 is 1.79 bits per heavy atom. The standard InChI is InChI=1S/C23H26N4O5S/c1-15(2)13-27-14-25-26-23(27)19-11-17(21(31-3)12-22(19)32-4)7-10-20(28)16-5-8-18(9-6-16)33(24,29)30/h5-12,14-15H,13H2,1-4H3,(H2,24,29,30)/b10-7+. The van der Waals surface area contributed by atoms with Crippen LogP contribution in [0.3, 0.4) is 0 Å². The summed E-state index contributed by atoms with van der Waals surface area (Å²) in [6, 6.07) is 8.98. The number of primary sulfonamides is 1. The van der Waals surface area contributed by atoms with Gasteiger partial charge in [0.15, 0.2) is 11.6 Å². The minimum Gasteiger partial charge on any atom is -0.496 e. The summed E-state index contributed by atoms with van der Waals surface area (Å²) in [5.74, 6) is 1.80. The van der Waals surface area contributed by atoms with Crippen molar-refractivity contribution in [3.8, 4) is 22.9 Å². The quantitative estimate of drug-likeness (QED) is 0.376. The highest BCUT2D eigenvalue weighted by Gasteiger charge is 2.17. The van der Waals surface area contributed by atoms with Crippen LogP contribution in [0.15, 0.2) is 53.7 Å². The van der Waals surface area contributed by atoms with Gasteiger partial charge >= 0.3 is 0 Å². The van der Waals surface area contributed by atoms with Gasteiger partial charge in [-0.25, -0.2) is 13.6 Å². The van der Waals surface area contributed by atoms with Crippen LogP contribution in [0.4, 0.5) is 0 Å². The van der Waals surface area contributed by atoms with Gasteiger partial charge in [-0.3, -0.25) is 4.79 Å². The number of ketones is 1. The molecule has 0 aliphatic carbocycles. The van der Waals surface area contributed by atoms with Crippen LogP contribution in [-0.4, -0.2) is 43.2 Å². The first-order valence-corrected chi connectivity index (χ1v) is 11.7. The number of hydrogen-bond donors (Lipinski definition) is 1. The summed E-state index contributed by atoms with van der Waals surface area (Å²) in [5, 5.41) is 13.4. The second-order valence-corrected chi connectivity index (χ2v) is 9.32. The number of methoxy groups -OCH3 is 2. The van der Waals surface area contributed by atoms with E-state index in [1.165, 1.54) is 37.5 Å². The van der Waals surface area contributed by atoms with Gasteiger partial charge in [0.1, 0.15) is 17.8 Å². The van der Waals surface area contributed by atoms with Gasteiger partial charge < -0.3 is 14.0 Å². The monoisotopic (exact) mass is 470 g/mol. The average Bonchev–Trinajstić information content (AvgIpc) is 3.23. The molecule has 9 nitrogen and oxygen atoms in total. The van der Waals surface area contributed by atoms with E-state index >= 15 is 0 Å². The highest BCUT2D eigenvalue weighted by Crippen LogP contribution is 2.36. The molecular formula is C23H26N4O5S. The molecule has 10 heteroatoms. The fourth-order valence-corrected chi connectivity index (χ4v) is 3.81. The molecular weight excluding hydrogens is 444 g/mol. The van der Waals surface area contributed by atoms with Crippen molar-refractivity contribution in [2.45, 2.75) is 25.3 Å². The first-order valence-electron chi connectivity index (χ1n) is 10.1. The molecule has 3 aromatic rings. The lowest BCUT2D eigenvalue weighted by atomic mass is 10.0. The highest BCUT2D eigenvalue weighted by atomic mass is 32.2. The number of allylic oxidation sites excluding steroid dienone is 1. The van der Waals surface area contributed by atoms with Gasteiger partial charge in [0.25, 0.3) is 0 Å². The fourth-order valence-electron chi connectivity index (χ4n) is 3.29. The van der Waals surface area contributed by atoms with Crippen molar-refractivity contribution in [1.82, 2.24) is 14.8 Å². The Labute approximate surface area is 192 Å². The van der Waals surface area contributed by atoms with Gasteiger partial charge in [-0.05, 0) is 48.4 Å². The Morgan fingerprint density at radius 1 is 1.12 bits per heavy atom. The van der Waals surface area contributed by atoms with Crippen molar-refractivity contribution in [2.24, 2.45) is 11.1 Å². The molecule has 0 bridgehead atoms. The summed E-state index contributed by atoms with van der Waals surface area (Å²) in [6.07, 6.45) is 4.68. The van der Waals surface area contributed by atoms with E-state index in [1.807, 2.05) is 10.6 Å². The number of aromatic nitrogens is 3. The zero-order chi connectivity index (χ0) is 24.2. The van der Waals surface area contributed by atoms with Gasteiger partial charge in [0.2, 0.25) is 10.0 Å². The first kappa shape index (κ1) is 24.1. The van der Waals surface area contributed by atoms with E-state index in [0.717, 1.165) is 6.54 Å². The molecule has 0 saturated heterocycles. The molecule has 33 heavy (non-hydrogen) atoms. The largest absolute Gasteiger partial charge is 0.496 e. The van der Waals surface area contributed by atoms with Gasteiger partial charge in [0, 0.05) is 23.7 Å². The molecule has 0 fully saturated rings. The molecule has 2 aromatic carbocycles. The maximum atomic E-state index is 12.6. The highest BCUT2D eigenvalue weighted by molar-refractivity contribution is 7.89. The Hall–Kier alpha value is -3.50. The van der Waals surface area contributed by atoms with Crippen molar-refractivity contribution in [2.75, 3.05) is 14.2 Å². The maximum Gasteiger partial charge on any atom is 0.238 e. The van der Waals surface area contributed by atoms with E-state index in [1.54, 1.807) is 25.6 Å². The smallest absolute Gasteiger partial charge is 0.238 e. The summed E-state index contributed by atoms with van der Waals surface area (Å²) in [4.78, 5) is 12.6. The molecule has 2 N–H and O–H groups in total. The fraction of sp³-hybridized carbons (Fsp3) is 0.261. The predicted molar refractivity (Wildman–Crippen MR) is 125 cm³/mol. The number of ether oxygens (including phenoxy) is 2. The number of rotatable bonds is 9. The van der Waals surface area contributed by atoms with E-state index in [2.05, 4.69) is 24.0 Å². The van der Waals surface area contributed by atoms with Crippen molar-refractivity contribution >= 4 is 21.9 Å². The molecule has 0 radical (unpaired) electrons. The number of carbonyl (C=O) groups excluding carboxylic acids is 1. The minimum atomic E-state index is -3.82. The van der Waals surface area contributed by atoms with Crippen LogP contribution in [0.1, 0.15) is 29.8 Å². The molecule has 0 atom stereocenters. The molecule has 0 spiro atoms. The number of carbonyl (C=O) groups is 1. The average molecular weight is 471 g/mol. The Bertz CT molecular complexity index is 1280. The van der Waals surface area contributed by atoms with Crippen molar-refractivity contribution < 1.29 is 22.7 Å².